The van der Waals surface area contributed by atoms with Gasteiger partial charge in [0, 0.05) is 4.43 Å². The highest BCUT2D eigenvalue weighted by Crippen LogP contribution is 2.41. The summed E-state index contributed by atoms with van der Waals surface area (Å²) in [6.45, 7) is 3.85. The molecule has 0 aliphatic carbocycles. The van der Waals surface area contributed by atoms with Gasteiger partial charge in [-0.1, -0.05) is 70.8 Å². The Morgan fingerprint density at radius 3 is 2.46 bits per heavy atom. The molecule has 0 spiro atoms. The fourth-order valence-corrected chi connectivity index (χ4v) is 4.58. The van der Waals surface area contributed by atoms with Crippen LogP contribution in [-0.4, -0.2) is 15.5 Å². The molecular formula is C20H20FIN2OS. The smallest absolute Gasteiger partial charge is 0.246 e. The number of aryl methyl sites for hydroxylation is 1. The summed E-state index contributed by atoms with van der Waals surface area (Å²) in [4.78, 5) is 17.2. The first-order valence-corrected chi connectivity index (χ1v) is 10.8. The van der Waals surface area contributed by atoms with Gasteiger partial charge >= 0.3 is 0 Å². The van der Waals surface area contributed by atoms with Crippen LogP contribution in [0.4, 0.5) is 4.39 Å². The minimum atomic E-state index is -0.690. The van der Waals surface area contributed by atoms with Gasteiger partial charge in [-0.15, -0.1) is 0 Å². The minimum Gasteiger partial charge on any atom is -0.304 e. The molecule has 0 saturated carbocycles. The van der Waals surface area contributed by atoms with E-state index < -0.39 is 4.75 Å². The maximum atomic E-state index is 13.1. The number of nitrogens with one attached hydrogen (secondary N) is 1. The molecule has 0 aromatic heterocycles. The Morgan fingerprint density at radius 1 is 1.19 bits per heavy atom. The number of aliphatic imine (C=N–C) groups is 1. The fraction of sp³-hybridized carbons (Fsp3) is 0.300. The number of amides is 1. The number of carbonyl (C=O) groups excluding carboxylic acids is 1. The Bertz CT molecular complexity index is 823. The molecular weight excluding hydrogens is 462 g/mol. The van der Waals surface area contributed by atoms with Gasteiger partial charge in [-0.25, -0.2) is 4.39 Å². The van der Waals surface area contributed by atoms with Gasteiger partial charge in [0.1, 0.15) is 10.6 Å². The Hall–Kier alpha value is -1.41. The summed E-state index contributed by atoms with van der Waals surface area (Å²) in [5.41, 5.74) is 3.15. The molecule has 1 heterocycles. The Kier molecular flexibility index (Phi) is 6.02. The van der Waals surface area contributed by atoms with E-state index in [2.05, 4.69) is 45.0 Å². The zero-order chi connectivity index (χ0) is 18.7. The van der Waals surface area contributed by atoms with E-state index in [0.717, 1.165) is 22.0 Å². The number of nitrogens with zero attached hydrogens (tertiary/aromatic N) is 1. The van der Waals surface area contributed by atoms with Crippen LogP contribution in [0.25, 0.3) is 0 Å². The molecule has 0 bridgehead atoms. The zero-order valence-corrected chi connectivity index (χ0v) is 17.6. The van der Waals surface area contributed by atoms with Crippen molar-refractivity contribution in [1.82, 2.24) is 5.32 Å². The topological polar surface area (TPSA) is 41.5 Å². The van der Waals surface area contributed by atoms with Gasteiger partial charge in [0.25, 0.3) is 0 Å². The predicted molar refractivity (Wildman–Crippen MR) is 114 cm³/mol. The number of thioether (sulfide) groups is 1. The average Bonchev–Trinajstić information content (AvgIpc) is 2.91. The predicted octanol–water partition coefficient (Wildman–Crippen LogP) is 5.00. The molecule has 1 fully saturated rings. The first-order chi connectivity index (χ1) is 12.4. The number of rotatable bonds is 5. The van der Waals surface area contributed by atoms with E-state index in [1.165, 1.54) is 29.5 Å². The lowest BCUT2D eigenvalue weighted by Gasteiger charge is -2.19. The van der Waals surface area contributed by atoms with Gasteiger partial charge in [-0.05, 0) is 49.1 Å². The van der Waals surface area contributed by atoms with E-state index in [9.17, 15) is 9.18 Å². The maximum absolute atomic E-state index is 13.1. The SMILES string of the molecule is C[C@H](N=C1NC(=O)C(C)(c2ccc(CCI)cc2)S1)c1ccc(F)cc1. The molecule has 6 heteroatoms. The molecule has 1 amide bonds. The third kappa shape index (κ3) is 4.11. The van der Waals surface area contributed by atoms with Crippen molar-refractivity contribution < 1.29 is 9.18 Å². The molecule has 3 rings (SSSR count). The summed E-state index contributed by atoms with van der Waals surface area (Å²) in [5, 5.41) is 3.50. The summed E-state index contributed by atoms with van der Waals surface area (Å²) in [5.74, 6) is -0.329. The van der Waals surface area contributed by atoms with Crippen molar-refractivity contribution in [3.8, 4) is 0 Å². The molecule has 2 aromatic rings. The average molecular weight is 482 g/mol. The Labute approximate surface area is 171 Å². The number of hydrogen-bond donors (Lipinski definition) is 1. The molecule has 3 nitrogen and oxygen atoms in total. The summed E-state index contributed by atoms with van der Waals surface area (Å²) < 4.78 is 13.5. The molecule has 1 aliphatic rings. The van der Waals surface area contributed by atoms with Gasteiger partial charge in [0.15, 0.2) is 5.17 Å². The second-order valence-electron chi connectivity index (χ2n) is 6.39. The van der Waals surface area contributed by atoms with Gasteiger partial charge in [0.05, 0.1) is 6.04 Å². The molecule has 0 radical (unpaired) electrons. The van der Waals surface area contributed by atoms with E-state index in [-0.39, 0.29) is 17.8 Å². The first-order valence-electron chi connectivity index (χ1n) is 8.41. The Balaban J connectivity index is 1.79. The van der Waals surface area contributed by atoms with E-state index in [1.807, 2.05) is 26.0 Å². The van der Waals surface area contributed by atoms with Crippen molar-refractivity contribution >= 4 is 45.4 Å². The van der Waals surface area contributed by atoms with E-state index in [4.69, 9.17) is 0 Å². The summed E-state index contributed by atoms with van der Waals surface area (Å²) in [6, 6.07) is 14.4. The zero-order valence-electron chi connectivity index (χ0n) is 14.6. The van der Waals surface area contributed by atoms with Crippen LogP contribution in [0.15, 0.2) is 53.5 Å². The molecule has 2 atom stereocenters. The number of carbonyl (C=O) groups is 1. The highest BCUT2D eigenvalue weighted by atomic mass is 127. The normalized spacial score (nSPS) is 22.5. The van der Waals surface area contributed by atoms with Crippen molar-refractivity contribution in [1.29, 1.82) is 0 Å². The Morgan fingerprint density at radius 2 is 1.85 bits per heavy atom. The van der Waals surface area contributed by atoms with Crippen molar-refractivity contribution in [3.05, 3.63) is 71.0 Å². The van der Waals surface area contributed by atoms with E-state index in [0.29, 0.717) is 5.17 Å². The van der Waals surface area contributed by atoms with Crippen LogP contribution < -0.4 is 5.32 Å². The van der Waals surface area contributed by atoms with Gasteiger partial charge < -0.3 is 5.32 Å². The molecule has 26 heavy (non-hydrogen) atoms. The highest BCUT2D eigenvalue weighted by molar-refractivity contribution is 14.1. The quantitative estimate of drug-likeness (QED) is 0.482. The molecule has 2 aromatic carbocycles. The third-order valence-corrected chi connectivity index (χ3v) is 6.28. The van der Waals surface area contributed by atoms with E-state index in [1.54, 1.807) is 12.1 Å². The molecule has 136 valence electrons. The monoisotopic (exact) mass is 482 g/mol. The van der Waals surface area contributed by atoms with E-state index >= 15 is 0 Å². The third-order valence-electron chi connectivity index (χ3n) is 4.51. The highest BCUT2D eigenvalue weighted by Gasteiger charge is 2.44. The lowest BCUT2D eigenvalue weighted by atomic mass is 9.97. The van der Waals surface area contributed by atoms with Gasteiger partial charge in [0.2, 0.25) is 5.91 Å². The standard InChI is InChI=1S/C20H20FIN2OS/c1-13(15-5-9-17(21)10-6-15)23-19-24-18(25)20(2,26-19)16-7-3-14(4-8-16)11-12-22/h3-10,13H,11-12H2,1-2H3,(H,23,24,25)/t13-,20?/m0/s1. The number of alkyl halides is 1. The van der Waals surface area contributed by atoms with Crippen LogP contribution in [-0.2, 0) is 16.0 Å². The maximum Gasteiger partial charge on any atom is 0.246 e. The summed E-state index contributed by atoms with van der Waals surface area (Å²) in [6.07, 6.45) is 1.03. The number of hydrogen-bond acceptors (Lipinski definition) is 3. The van der Waals surface area contributed by atoms with Gasteiger partial charge in [-0.2, -0.15) is 0 Å². The van der Waals surface area contributed by atoms with Crippen molar-refractivity contribution in [3.63, 3.8) is 0 Å². The minimum absolute atomic E-state index is 0.0609. The molecule has 1 saturated heterocycles. The summed E-state index contributed by atoms with van der Waals surface area (Å²) in [7, 11) is 0. The van der Waals surface area contributed by atoms with Crippen molar-refractivity contribution in [2.45, 2.75) is 31.1 Å². The lowest BCUT2D eigenvalue weighted by Crippen LogP contribution is -2.31. The second-order valence-corrected chi connectivity index (χ2v) is 8.87. The molecule has 1 N–H and O–H groups in total. The van der Waals surface area contributed by atoms with Crippen molar-refractivity contribution in [2.75, 3.05) is 4.43 Å². The van der Waals surface area contributed by atoms with Crippen LogP contribution in [0.3, 0.4) is 0 Å². The van der Waals surface area contributed by atoms with Crippen LogP contribution in [0.2, 0.25) is 0 Å². The lowest BCUT2D eigenvalue weighted by molar-refractivity contribution is -0.121. The number of amidine groups is 1. The molecule has 1 aliphatic heterocycles. The van der Waals surface area contributed by atoms with Crippen LogP contribution >= 0.6 is 34.4 Å². The largest absolute Gasteiger partial charge is 0.304 e. The first kappa shape index (κ1) is 19.4. The van der Waals surface area contributed by atoms with Gasteiger partial charge in [-0.3, -0.25) is 9.79 Å². The fourth-order valence-electron chi connectivity index (χ4n) is 2.82. The van der Waals surface area contributed by atoms with Crippen LogP contribution in [0, 0.1) is 5.82 Å². The number of benzene rings is 2. The van der Waals surface area contributed by atoms with Crippen molar-refractivity contribution in [2.24, 2.45) is 4.99 Å². The summed E-state index contributed by atoms with van der Waals surface area (Å²) >= 11 is 3.79. The van der Waals surface area contributed by atoms with Crippen LogP contribution in [0.5, 0.6) is 0 Å². The molecule has 1 unspecified atom stereocenters. The second kappa shape index (κ2) is 8.08. The number of halogens is 2. The van der Waals surface area contributed by atoms with Crippen LogP contribution in [0.1, 0.15) is 36.6 Å².